The molecule has 0 rings (SSSR count). The number of carbonyl (C=O) groups excluding carboxylic acids is 1. The number of carbonyl (C=O) groups is 1. The van der Waals surface area contributed by atoms with Crippen molar-refractivity contribution < 1.29 is 9.53 Å². The van der Waals surface area contributed by atoms with E-state index < -0.39 is 12.2 Å². The van der Waals surface area contributed by atoms with E-state index in [0.717, 1.165) is 6.08 Å². The predicted molar refractivity (Wildman–Crippen MR) is 40.8 cm³/mol. The molecule has 0 heterocycles. The zero-order valence-corrected chi connectivity index (χ0v) is 6.35. The molecule has 0 radical (unpaired) electrons. The highest BCUT2D eigenvalue weighted by Crippen LogP contribution is 1.91. The average molecular weight is 157 g/mol. The highest BCUT2D eigenvalue weighted by atomic mass is 32.1. The van der Waals surface area contributed by atoms with E-state index in [1.165, 1.54) is 0 Å². The third-order valence-electron chi connectivity index (χ3n) is 0.688. The van der Waals surface area contributed by atoms with Crippen LogP contribution >= 0.6 is 12.2 Å². The van der Waals surface area contributed by atoms with E-state index in [1.807, 2.05) is 0 Å². The average Bonchev–Trinajstić information content (AvgIpc) is 1.88. The first kappa shape index (κ1) is 9.01. The van der Waals surface area contributed by atoms with Crippen LogP contribution in [0.3, 0.4) is 0 Å². The largest absolute Gasteiger partial charge is 0.436 e. The summed E-state index contributed by atoms with van der Waals surface area (Å²) in [6.07, 6.45) is 0.498. The number of esters is 1. The van der Waals surface area contributed by atoms with Gasteiger partial charge in [-0.3, -0.25) is 0 Å². The molecule has 0 spiro atoms. The van der Waals surface area contributed by atoms with Crippen LogP contribution in [-0.4, -0.2) is 17.4 Å². The monoisotopic (exact) mass is 157 g/mol. The van der Waals surface area contributed by atoms with Gasteiger partial charge in [0.15, 0.2) is 6.23 Å². The van der Waals surface area contributed by atoms with Crippen molar-refractivity contribution in [2.24, 2.45) is 4.99 Å². The van der Waals surface area contributed by atoms with Crippen molar-refractivity contribution in [3.8, 4) is 0 Å². The maximum atomic E-state index is 10.4. The van der Waals surface area contributed by atoms with Gasteiger partial charge in [0.05, 0.1) is 5.16 Å². The maximum Gasteiger partial charge on any atom is 0.332 e. The van der Waals surface area contributed by atoms with Crippen molar-refractivity contribution in [1.29, 1.82) is 0 Å². The fourth-order valence-electron chi connectivity index (χ4n) is 0.317. The molecule has 0 saturated carbocycles. The Kier molecular flexibility index (Phi) is 4.37. The molecule has 0 aromatic heterocycles. The lowest BCUT2D eigenvalue weighted by Crippen LogP contribution is -2.09. The molecule has 0 amide bonds. The van der Waals surface area contributed by atoms with E-state index in [0.29, 0.717) is 0 Å². The van der Waals surface area contributed by atoms with E-state index in [9.17, 15) is 4.79 Å². The van der Waals surface area contributed by atoms with Crippen LogP contribution in [0, 0.1) is 0 Å². The van der Waals surface area contributed by atoms with Gasteiger partial charge in [0.2, 0.25) is 0 Å². The lowest BCUT2D eigenvalue weighted by Gasteiger charge is -2.02. The Balaban J connectivity index is 3.78. The van der Waals surface area contributed by atoms with Crippen molar-refractivity contribution in [3.05, 3.63) is 12.7 Å². The summed E-state index contributed by atoms with van der Waals surface area (Å²) in [6, 6.07) is 0. The van der Waals surface area contributed by atoms with Gasteiger partial charge in [-0.15, -0.1) is 0 Å². The minimum Gasteiger partial charge on any atom is -0.436 e. The van der Waals surface area contributed by atoms with Crippen molar-refractivity contribution in [1.82, 2.24) is 0 Å². The maximum absolute atomic E-state index is 10.4. The standard InChI is InChI=1S/C6H7NO2S/c1-3-6(8)9-5(2)7-4-10/h3,5H,1H2,2H3. The van der Waals surface area contributed by atoms with Gasteiger partial charge >= 0.3 is 5.97 Å². The summed E-state index contributed by atoms with van der Waals surface area (Å²) < 4.78 is 4.59. The van der Waals surface area contributed by atoms with Crippen LogP contribution in [0.15, 0.2) is 17.6 Å². The quantitative estimate of drug-likeness (QED) is 0.267. The van der Waals surface area contributed by atoms with Crippen LogP contribution < -0.4 is 0 Å². The first-order valence-corrected chi connectivity index (χ1v) is 3.01. The molecule has 0 aliphatic carbocycles. The fraction of sp³-hybridized carbons (Fsp3) is 0.333. The Morgan fingerprint density at radius 2 is 2.60 bits per heavy atom. The number of isothiocyanates is 1. The van der Waals surface area contributed by atoms with Crippen LogP contribution in [0.4, 0.5) is 0 Å². The smallest absolute Gasteiger partial charge is 0.332 e. The van der Waals surface area contributed by atoms with Gasteiger partial charge in [0.25, 0.3) is 0 Å². The molecule has 0 aliphatic rings. The summed E-state index contributed by atoms with van der Waals surface area (Å²) in [5.41, 5.74) is 0. The number of rotatable bonds is 3. The molecule has 0 saturated heterocycles. The summed E-state index contributed by atoms with van der Waals surface area (Å²) in [5, 5.41) is 2.09. The molecule has 0 aromatic carbocycles. The molecule has 0 bridgehead atoms. The molecule has 0 aliphatic heterocycles. The van der Waals surface area contributed by atoms with Crippen molar-refractivity contribution in [2.45, 2.75) is 13.2 Å². The molecule has 0 N–H and O–H groups in total. The van der Waals surface area contributed by atoms with Crippen molar-refractivity contribution in [3.63, 3.8) is 0 Å². The topological polar surface area (TPSA) is 38.7 Å². The highest BCUT2D eigenvalue weighted by Gasteiger charge is 2.00. The molecule has 54 valence electrons. The Labute approximate surface area is 64.4 Å². The first-order chi connectivity index (χ1) is 4.70. The molecule has 10 heavy (non-hydrogen) atoms. The molecule has 0 fully saturated rings. The zero-order chi connectivity index (χ0) is 7.98. The second-order valence-corrected chi connectivity index (χ2v) is 1.64. The third kappa shape index (κ3) is 3.95. The second kappa shape index (κ2) is 4.85. The number of hydrogen-bond acceptors (Lipinski definition) is 4. The Hall–Kier alpha value is -0.990. The summed E-state index contributed by atoms with van der Waals surface area (Å²) in [7, 11) is 0. The lowest BCUT2D eigenvalue weighted by molar-refractivity contribution is -0.141. The molecular weight excluding hydrogens is 150 g/mol. The van der Waals surface area contributed by atoms with Crippen molar-refractivity contribution in [2.75, 3.05) is 0 Å². The molecular formula is C6H7NO2S. The minimum absolute atomic E-state index is 0.512. The number of aliphatic imine (C=N–C) groups is 1. The zero-order valence-electron chi connectivity index (χ0n) is 5.53. The molecule has 3 nitrogen and oxygen atoms in total. The van der Waals surface area contributed by atoms with E-state index >= 15 is 0 Å². The summed E-state index contributed by atoms with van der Waals surface area (Å²) in [4.78, 5) is 13.9. The second-order valence-electron chi connectivity index (χ2n) is 1.46. The fourth-order valence-corrected chi connectivity index (χ4v) is 0.465. The Morgan fingerprint density at radius 3 is 3.00 bits per heavy atom. The van der Waals surface area contributed by atoms with E-state index in [-0.39, 0.29) is 0 Å². The van der Waals surface area contributed by atoms with Gasteiger partial charge in [0.1, 0.15) is 0 Å². The van der Waals surface area contributed by atoms with E-state index in [4.69, 9.17) is 0 Å². The van der Waals surface area contributed by atoms with Gasteiger partial charge in [-0.25, -0.2) is 4.79 Å². The van der Waals surface area contributed by atoms with Gasteiger partial charge in [0, 0.05) is 6.08 Å². The number of thiocarbonyl (C=S) groups is 1. The third-order valence-corrected chi connectivity index (χ3v) is 0.793. The molecule has 0 aromatic rings. The van der Waals surface area contributed by atoms with Gasteiger partial charge < -0.3 is 4.74 Å². The molecule has 1 unspecified atom stereocenters. The minimum atomic E-state index is -0.567. The number of ether oxygens (including phenoxy) is 1. The summed E-state index contributed by atoms with van der Waals surface area (Å²) >= 11 is 4.28. The van der Waals surface area contributed by atoms with Crippen LogP contribution in [0.1, 0.15) is 6.92 Å². The highest BCUT2D eigenvalue weighted by molar-refractivity contribution is 7.78. The number of nitrogens with zero attached hydrogens (tertiary/aromatic N) is 1. The lowest BCUT2D eigenvalue weighted by atomic mass is 10.6. The van der Waals surface area contributed by atoms with Gasteiger partial charge in [-0.05, 0) is 19.1 Å². The van der Waals surface area contributed by atoms with Crippen LogP contribution in [0.25, 0.3) is 0 Å². The first-order valence-electron chi connectivity index (χ1n) is 2.60. The van der Waals surface area contributed by atoms with Crippen LogP contribution in [0.2, 0.25) is 0 Å². The molecule has 1 atom stereocenters. The predicted octanol–water partition coefficient (Wildman–Crippen LogP) is 1.16. The Morgan fingerprint density at radius 1 is 2.00 bits per heavy atom. The summed E-state index contributed by atoms with van der Waals surface area (Å²) in [6.45, 7) is 4.80. The van der Waals surface area contributed by atoms with Crippen LogP contribution in [0.5, 0.6) is 0 Å². The number of hydrogen-bond donors (Lipinski definition) is 0. The van der Waals surface area contributed by atoms with E-state index in [1.54, 1.807) is 6.92 Å². The van der Waals surface area contributed by atoms with E-state index in [2.05, 4.69) is 33.7 Å². The van der Waals surface area contributed by atoms with Crippen LogP contribution in [-0.2, 0) is 9.53 Å². The Bertz CT molecular complexity index is 184. The van der Waals surface area contributed by atoms with Crippen molar-refractivity contribution >= 4 is 23.3 Å². The molecule has 4 heteroatoms. The summed E-state index contributed by atoms with van der Waals surface area (Å²) in [5.74, 6) is -0.512. The van der Waals surface area contributed by atoms with Gasteiger partial charge in [-0.2, -0.15) is 4.99 Å². The van der Waals surface area contributed by atoms with Gasteiger partial charge in [-0.1, -0.05) is 6.58 Å². The SMILES string of the molecule is C=CC(=O)OC(C)N=C=S. The normalized spacial score (nSPS) is 10.9.